The summed E-state index contributed by atoms with van der Waals surface area (Å²) >= 11 is 5.99. The fourth-order valence-corrected chi connectivity index (χ4v) is 3.25. The minimum absolute atomic E-state index is 0.0904. The third kappa shape index (κ3) is 3.87. The Balaban J connectivity index is 1.62. The van der Waals surface area contributed by atoms with E-state index in [9.17, 15) is 9.59 Å². The molecule has 1 atom stereocenters. The Morgan fingerprint density at radius 2 is 1.96 bits per heavy atom. The van der Waals surface area contributed by atoms with Crippen molar-refractivity contribution in [3.63, 3.8) is 0 Å². The van der Waals surface area contributed by atoms with Gasteiger partial charge in [-0.05, 0) is 42.0 Å². The molecule has 4 rings (SSSR count). The fourth-order valence-electron chi connectivity index (χ4n) is 3.12. The summed E-state index contributed by atoms with van der Waals surface area (Å²) in [6.45, 7) is -0.0904. The van der Waals surface area contributed by atoms with E-state index in [4.69, 9.17) is 20.8 Å². The van der Waals surface area contributed by atoms with Gasteiger partial charge >= 0.3 is 0 Å². The summed E-state index contributed by atoms with van der Waals surface area (Å²) in [5, 5.41) is 6.25. The van der Waals surface area contributed by atoms with Crippen molar-refractivity contribution in [3.05, 3.63) is 77.2 Å². The van der Waals surface area contributed by atoms with Crippen molar-refractivity contribution in [2.45, 2.75) is 12.3 Å². The Morgan fingerprint density at radius 3 is 2.71 bits per heavy atom. The molecule has 1 unspecified atom stereocenters. The summed E-state index contributed by atoms with van der Waals surface area (Å²) in [6.07, 6.45) is 1.98. The number of ether oxygens (including phenoxy) is 1. The molecule has 0 spiro atoms. The van der Waals surface area contributed by atoms with Crippen molar-refractivity contribution in [2.75, 3.05) is 17.2 Å². The summed E-state index contributed by atoms with van der Waals surface area (Å²) in [5.41, 5.74) is 1.85. The van der Waals surface area contributed by atoms with Gasteiger partial charge in [0.1, 0.15) is 5.76 Å². The second kappa shape index (κ2) is 7.78. The lowest BCUT2D eigenvalue weighted by atomic mass is 9.93. The summed E-state index contributed by atoms with van der Waals surface area (Å²) in [7, 11) is 0. The molecule has 6 nitrogen and oxygen atoms in total. The predicted octanol–water partition coefficient (Wildman–Crippen LogP) is 4.23. The van der Waals surface area contributed by atoms with Crippen LogP contribution in [0.4, 0.5) is 11.4 Å². The van der Waals surface area contributed by atoms with Crippen molar-refractivity contribution < 1.29 is 18.7 Å². The molecule has 2 amide bonds. The molecular formula is C21H17ClN2O4. The van der Waals surface area contributed by atoms with Gasteiger partial charge in [0.25, 0.3) is 5.91 Å². The van der Waals surface area contributed by atoms with E-state index in [0.29, 0.717) is 34.3 Å². The van der Waals surface area contributed by atoms with Crippen LogP contribution < -0.4 is 15.4 Å². The van der Waals surface area contributed by atoms with Crippen molar-refractivity contribution in [3.8, 4) is 5.75 Å². The number of halogens is 1. The molecule has 1 aromatic heterocycles. The van der Waals surface area contributed by atoms with Gasteiger partial charge in [-0.3, -0.25) is 9.59 Å². The topological polar surface area (TPSA) is 80.6 Å². The minimum Gasteiger partial charge on any atom is -0.479 e. The Kier molecular flexibility index (Phi) is 5.04. The second-order valence-corrected chi connectivity index (χ2v) is 6.83. The number of hydrogen-bond acceptors (Lipinski definition) is 4. The first-order valence-corrected chi connectivity index (χ1v) is 9.12. The number of amides is 2. The average Bonchev–Trinajstić information content (AvgIpc) is 3.20. The first kappa shape index (κ1) is 18.1. The molecule has 142 valence electrons. The normalized spacial score (nSPS) is 13.8. The maximum absolute atomic E-state index is 13.1. The van der Waals surface area contributed by atoms with E-state index in [2.05, 4.69) is 10.6 Å². The molecule has 0 aliphatic carbocycles. The van der Waals surface area contributed by atoms with Crippen LogP contribution in [0.2, 0.25) is 5.02 Å². The highest BCUT2D eigenvalue weighted by Crippen LogP contribution is 2.36. The van der Waals surface area contributed by atoms with E-state index in [0.717, 1.165) is 5.56 Å². The Morgan fingerprint density at radius 1 is 1.14 bits per heavy atom. The number of fused-ring (bicyclic) bond motifs is 1. The molecular weight excluding hydrogens is 380 g/mol. The highest BCUT2D eigenvalue weighted by Gasteiger charge is 2.25. The molecule has 0 radical (unpaired) electrons. The maximum atomic E-state index is 13.1. The van der Waals surface area contributed by atoms with Gasteiger partial charge in [-0.1, -0.05) is 29.8 Å². The van der Waals surface area contributed by atoms with Crippen LogP contribution in [0.15, 0.2) is 65.3 Å². The number of anilines is 2. The lowest BCUT2D eigenvalue weighted by Crippen LogP contribution is -2.27. The number of para-hydroxylation sites is 1. The van der Waals surface area contributed by atoms with E-state index in [1.54, 1.807) is 42.7 Å². The number of hydrogen-bond donors (Lipinski definition) is 2. The van der Waals surface area contributed by atoms with Crippen LogP contribution >= 0.6 is 11.6 Å². The summed E-state index contributed by atoms with van der Waals surface area (Å²) in [6, 6.07) is 16.0. The molecule has 0 saturated carbocycles. The lowest BCUT2D eigenvalue weighted by Gasteiger charge is -2.22. The van der Waals surface area contributed by atoms with Gasteiger partial charge in [-0.25, -0.2) is 0 Å². The van der Waals surface area contributed by atoms with Gasteiger partial charge in [-0.15, -0.1) is 0 Å². The van der Waals surface area contributed by atoms with Gasteiger partial charge in [0.05, 0.1) is 23.6 Å². The number of furan rings is 1. The standard InChI is InChI=1S/C21H17ClN2O4/c22-14-8-6-13(7-9-14)16(11-15-3-2-10-27-15)21(26)24-18-5-1-4-17-20(18)28-12-19(25)23-17/h1-10,16H,11-12H2,(H,23,25)(H,24,26). The van der Waals surface area contributed by atoms with Crippen LogP contribution in [-0.2, 0) is 16.0 Å². The van der Waals surface area contributed by atoms with Crippen LogP contribution in [0, 0.1) is 0 Å². The van der Waals surface area contributed by atoms with E-state index in [1.807, 2.05) is 18.2 Å². The summed E-state index contributed by atoms with van der Waals surface area (Å²) in [5.74, 6) is 0.218. The zero-order valence-corrected chi connectivity index (χ0v) is 15.5. The number of carbonyl (C=O) groups is 2. The average molecular weight is 397 g/mol. The zero-order chi connectivity index (χ0) is 19.5. The molecule has 0 bridgehead atoms. The third-order valence-electron chi connectivity index (χ3n) is 4.47. The van der Waals surface area contributed by atoms with Crippen LogP contribution in [0.25, 0.3) is 0 Å². The summed E-state index contributed by atoms with van der Waals surface area (Å²) in [4.78, 5) is 24.7. The molecule has 3 aromatic rings. The predicted molar refractivity (Wildman–Crippen MR) is 106 cm³/mol. The summed E-state index contributed by atoms with van der Waals surface area (Å²) < 4.78 is 10.9. The number of nitrogens with one attached hydrogen (secondary N) is 2. The second-order valence-electron chi connectivity index (χ2n) is 6.40. The molecule has 0 saturated heterocycles. The first-order chi connectivity index (χ1) is 13.6. The van der Waals surface area contributed by atoms with Crippen molar-refractivity contribution in [1.82, 2.24) is 0 Å². The van der Waals surface area contributed by atoms with E-state index >= 15 is 0 Å². The quantitative estimate of drug-likeness (QED) is 0.676. The smallest absolute Gasteiger partial charge is 0.262 e. The minimum atomic E-state index is -0.488. The van der Waals surface area contributed by atoms with Crippen molar-refractivity contribution >= 4 is 34.8 Å². The largest absolute Gasteiger partial charge is 0.479 e. The Bertz CT molecular complexity index is 1000. The molecule has 2 N–H and O–H groups in total. The van der Waals surface area contributed by atoms with Gasteiger partial charge in [-0.2, -0.15) is 0 Å². The number of carbonyl (C=O) groups excluding carboxylic acids is 2. The molecule has 28 heavy (non-hydrogen) atoms. The Labute approximate surface area is 166 Å². The van der Waals surface area contributed by atoms with E-state index in [-0.39, 0.29) is 18.4 Å². The molecule has 1 aliphatic heterocycles. The molecule has 7 heteroatoms. The van der Waals surface area contributed by atoms with E-state index in [1.165, 1.54) is 0 Å². The first-order valence-electron chi connectivity index (χ1n) is 8.74. The lowest BCUT2D eigenvalue weighted by molar-refractivity contribution is -0.118. The van der Waals surface area contributed by atoms with Gasteiger partial charge in [0.2, 0.25) is 5.91 Å². The number of benzene rings is 2. The monoisotopic (exact) mass is 396 g/mol. The number of rotatable bonds is 5. The highest BCUT2D eigenvalue weighted by molar-refractivity contribution is 6.30. The molecule has 2 aromatic carbocycles. The van der Waals surface area contributed by atoms with Gasteiger partial charge in [0.15, 0.2) is 12.4 Å². The van der Waals surface area contributed by atoms with Crippen LogP contribution in [0.1, 0.15) is 17.2 Å². The highest BCUT2D eigenvalue weighted by atomic mass is 35.5. The van der Waals surface area contributed by atoms with Crippen molar-refractivity contribution in [1.29, 1.82) is 0 Å². The molecule has 0 fully saturated rings. The molecule has 1 aliphatic rings. The Hall–Kier alpha value is -3.25. The SMILES string of the molecule is O=C1COc2c(cccc2NC(=O)C(Cc2ccco2)c2ccc(Cl)cc2)N1. The van der Waals surface area contributed by atoms with Crippen molar-refractivity contribution in [2.24, 2.45) is 0 Å². The fraction of sp³-hybridized carbons (Fsp3) is 0.143. The van der Waals surface area contributed by atoms with Crippen LogP contribution in [0.5, 0.6) is 5.75 Å². The van der Waals surface area contributed by atoms with E-state index < -0.39 is 5.92 Å². The zero-order valence-electron chi connectivity index (χ0n) is 14.8. The van der Waals surface area contributed by atoms with Crippen LogP contribution in [-0.4, -0.2) is 18.4 Å². The maximum Gasteiger partial charge on any atom is 0.262 e. The van der Waals surface area contributed by atoms with Gasteiger partial charge < -0.3 is 19.8 Å². The van der Waals surface area contributed by atoms with Gasteiger partial charge in [0, 0.05) is 11.4 Å². The third-order valence-corrected chi connectivity index (χ3v) is 4.72. The molecule has 2 heterocycles. The van der Waals surface area contributed by atoms with Crippen LogP contribution in [0.3, 0.4) is 0 Å².